The van der Waals surface area contributed by atoms with Crippen molar-refractivity contribution in [1.82, 2.24) is 10.3 Å². The van der Waals surface area contributed by atoms with E-state index in [1.807, 2.05) is 25.3 Å². The smallest absolute Gasteiger partial charge is 0.0440 e. The molecule has 0 amide bonds. The zero-order valence-electron chi connectivity index (χ0n) is 11.6. The molecule has 1 heterocycles. The molecule has 0 bridgehead atoms. The van der Waals surface area contributed by atoms with Crippen molar-refractivity contribution in [1.29, 1.82) is 0 Å². The maximum absolute atomic E-state index is 6.24. The molecule has 0 saturated heterocycles. The van der Waals surface area contributed by atoms with Gasteiger partial charge in [0.05, 0.1) is 0 Å². The number of nitrogens with one attached hydrogen (secondary N) is 1. The average Bonchev–Trinajstić information content (AvgIpc) is 2.41. The Bertz CT molecular complexity index is 574. The quantitative estimate of drug-likeness (QED) is 0.916. The molecule has 1 N–H and O–H groups in total. The van der Waals surface area contributed by atoms with E-state index in [1.165, 1.54) is 24.0 Å². The number of hydrogen-bond acceptors (Lipinski definition) is 2. The third kappa shape index (κ3) is 3.02. The van der Waals surface area contributed by atoms with Crippen LogP contribution in [0.4, 0.5) is 0 Å². The van der Waals surface area contributed by atoms with Gasteiger partial charge in [0.25, 0.3) is 0 Å². The summed E-state index contributed by atoms with van der Waals surface area (Å²) in [5, 5.41) is 4.49. The Morgan fingerprint density at radius 2 is 2.00 bits per heavy atom. The molecule has 1 saturated carbocycles. The first-order chi connectivity index (χ1) is 9.72. The molecule has 0 aliphatic heterocycles. The molecule has 0 radical (unpaired) electrons. The Balaban J connectivity index is 1.49. The maximum Gasteiger partial charge on any atom is 0.0440 e. The lowest BCUT2D eigenvalue weighted by molar-refractivity contribution is 0.289. The summed E-state index contributed by atoms with van der Waals surface area (Å²) in [5.41, 5.74) is 3.61. The second-order valence-electron chi connectivity index (χ2n) is 5.58. The van der Waals surface area contributed by atoms with E-state index in [2.05, 4.69) is 34.6 Å². The second kappa shape index (κ2) is 5.94. The van der Waals surface area contributed by atoms with Crippen LogP contribution in [0.5, 0.6) is 0 Å². The molecular formula is C17H19ClN2. The molecule has 104 valence electrons. The summed E-state index contributed by atoms with van der Waals surface area (Å²) < 4.78 is 0. The lowest BCUT2D eigenvalue weighted by Gasteiger charge is -2.36. The highest BCUT2D eigenvalue weighted by molar-refractivity contribution is 6.31. The highest BCUT2D eigenvalue weighted by Crippen LogP contribution is 2.39. The van der Waals surface area contributed by atoms with Gasteiger partial charge >= 0.3 is 0 Å². The van der Waals surface area contributed by atoms with Gasteiger partial charge in [0.15, 0.2) is 0 Å². The zero-order chi connectivity index (χ0) is 13.9. The summed E-state index contributed by atoms with van der Waals surface area (Å²) in [6.07, 6.45) is 4.29. The summed E-state index contributed by atoms with van der Waals surface area (Å²) in [7, 11) is 0. The summed E-state index contributed by atoms with van der Waals surface area (Å²) in [6.45, 7) is 2.91. The molecule has 0 spiro atoms. The number of aromatic nitrogens is 1. The normalized spacial score (nSPS) is 21.5. The molecule has 0 atom stereocenters. The van der Waals surface area contributed by atoms with Crippen LogP contribution in [0.1, 0.15) is 35.6 Å². The monoisotopic (exact) mass is 286 g/mol. The van der Waals surface area contributed by atoms with Gasteiger partial charge in [0.2, 0.25) is 0 Å². The number of pyridine rings is 1. The summed E-state index contributed by atoms with van der Waals surface area (Å²) in [6, 6.07) is 13.0. The van der Waals surface area contributed by atoms with Crippen LogP contribution in [-0.2, 0) is 6.54 Å². The highest BCUT2D eigenvalue weighted by atomic mass is 35.5. The SMILES string of the molecule is Cc1ccc(CNC2CC(c3ccccc3Cl)C2)cn1. The number of hydrogen-bond donors (Lipinski definition) is 1. The highest BCUT2D eigenvalue weighted by Gasteiger charge is 2.30. The standard InChI is InChI=1S/C17H19ClN2/c1-12-6-7-13(10-19-12)11-20-15-8-14(9-15)16-4-2-3-5-17(16)18/h2-7,10,14-15,20H,8-9,11H2,1H3. The summed E-state index contributed by atoms with van der Waals surface area (Å²) in [5.74, 6) is 0.609. The molecule has 0 unspecified atom stereocenters. The lowest BCUT2D eigenvalue weighted by atomic mass is 9.76. The van der Waals surface area contributed by atoms with E-state index in [9.17, 15) is 0 Å². The molecular weight excluding hydrogens is 268 g/mol. The first-order valence-electron chi connectivity index (χ1n) is 7.11. The van der Waals surface area contributed by atoms with Gasteiger partial charge in [-0.3, -0.25) is 4.98 Å². The molecule has 2 nitrogen and oxygen atoms in total. The van der Waals surface area contributed by atoms with Crippen molar-refractivity contribution in [3.63, 3.8) is 0 Å². The topological polar surface area (TPSA) is 24.9 Å². The van der Waals surface area contributed by atoms with Crippen LogP contribution in [0.15, 0.2) is 42.6 Å². The van der Waals surface area contributed by atoms with Gasteiger partial charge in [0.1, 0.15) is 0 Å². The van der Waals surface area contributed by atoms with Gasteiger partial charge in [-0.15, -0.1) is 0 Å². The number of benzene rings is 1. The zero-order valence-corrected chi connectivity index (χ0v) is 12.4. The lowest BCUT2D eigenvalue weighted by Crippen LogP contribution is -2.39. The first kappa shape index (κ1) is 13.6. The number of nitrogens with zero attached hydrogens (tertiary/aromatic N) is 1. The molecule has 1 fully saturated rings. The van der Waals surface area contributed by atoms with Crippen LogP contribution in [0.2, 0.25) is 5.02 Å². The fraction of sp³-hybridized carbons (Fsp3) is 0.353. The summed E-state index contributed by atoms with van der Waals surface area (Å²) in [4.78, 5) is 4.32. The molecule has 20 heavy (non-hydrogen) atoms. The number of aryl methyl sites for hydroxylation is 1. The van der Waals surface area contributed by atoms with E-state index in [4.69, 9.17) is 11.6 Å². The molecule has 1 aromatic heterocycles. The van der Waals surface area contributed by atoms with E-state index in [0.29, 0.717) is 12.0 Å². The molecule has 1 aromatic carbocycles. The largest absolute Gasteiger partial charge is 0.310 e. The van der Waals surface area contributed by atoms with E-state index in [0.717, 1.165) is 17.3 Å². The van der Waals surface area contributed by atoms with Crippen molar-refractivity contribution in [3.8, 4) is 0 Å². The van der Waals surface area contributed by atoms with Gasteiger partial charge in [-0.25, -0.2) is 0 Å². The molecule has 3 rings (SSSR count). The van der Waals surface area contributed by atoms with Crippen LogP contribution in [0.25, 0.3) is 0 Å². The Kier molecular flexibility index (Phi) is 4.04. The van der Waals surface area contributed by atoms with Gasteiger partial charge in [-0.05, 0) is 48.9 Å². The second-order valence-corrected chi connectivity index (χ2v) is 5.98. The molecule has 1 aliphatic rings. The Morgan fingerprint density at radius 1 is 1.20 bits per heavy atom. The minimum atomic E-state index is 0.595. The van der Waals surface area contributed by atoms with Crippen molar-refractivity contribution in [3.05, 3.63) is 64.4 Å². The minimum Gasteiger partial charge on any atom is -0.310 e. The number of rotatable bonds is 4. The van der Waals surface area contributed by atoms with E-state index in [-0.39, 0.29) is 0 Å². The fourth-order valence-electron chi connectivity index (χ4n) is 2.71. The van der Waals surface area contributed by atoms with Crippen LogP contribution in [0.3, 0.4) is 0 Å². The van der Waals surface area contributed by atoms with Gasteiger partial charge in [-0.1, -0.05) is 35.9 Å². The molecule has 2 aromatic rings. The van der Waals surface area contributed by atoms with Gasteiger partial charge < -0.3 is 5.32 Å². The predicted molar refractivity (Wildman–Crippen MR) is 83.0 cm³/mol. The average molecular weight is 287 g/mol. The third-order valence-electron chi connectivity index (χ3n) is 4.05. The van der Waals surface area contributed by atoms with Crippen LogP contribution in [-0.4, -0.2) is 11.0 Å². The van der Waals surface area contributed by atoms with Crippen LogP contribution < -0.4 is 5.32 Å². The summed E-state index contributed by atoms with van der Waals surface area (Å²) >= 11 is 6.24. The van der Waals surface area contributed by atoms with Crippen LogP contribution >= 0.6 is 11.6 Å². The number of halogens is 1. The van der Waals surface area contributed by atoms with Crippen molar-refractivity contribution in [2.75, 3.05) is 0 Å². The van der Waals surface area contributed by atoms with Crippen molar-refractivity contribution < 1.29 is 0 Å². The van der Waals surface area contributed by atoms with Gasteiger partial charge in [0, 0.05) is 29.5 Å². The Morgan fingerprint density at radius 3 is 2.70 bits per heavy atom. The molecule has 1 aliphatic carbocycles. The fourth-order valence-corrected chi connectivity index (χ4v) is 3.00. The third-order valence-corrected chi connectivity index (χ3v) is 4.39. The predicted octanol–water partition coefficient (Wildman–Crippen LogP) is 4.08. The molecule has 3 heteroatoms. The van der Waals surface area contributed by atoms with E-state index >= 15 is 0 Å². The minimum absolute atomic E-state index is 0.595. The van der Waals surface area contributed by atoms with E-state index < -0.39 is 0 Å². The van der Waals surface area contributed by atoms with Crippen molar-refractivity contribution in [2.45, 2.75) is 38.3 Å². The maximum atomic E-state index is 6.24. The Hall–Kier alpha value is -1.38. The van der Waals surface area contributed by atoms with Crippen molar-refractivity contribution in [2.24, 2.45) is 0 Å². The van der Waals surface area contributed by atoms with Crippen molar-refractivity contribution >= 4 is 11.6 Å². The Labute approximate surface area is 125 Å². The first-order valence-corrected chi connectivity index (χ1v) is 7.49. The van der Waals surface area contributed by atoms with Crippen LogP contribution in [0, 0.1) is 6.92 Å². The van der Waals surface area contributed by atoms with Gasteiger partial charge in [-0.2, -0.15) is 0 Å². The van der Waals surface area contributed by atoms with E-state index in [1.54, 1.807) is 0 Å².